The van der Waals surface area contributed by atoms with Gasteiger partial charge in [0.2, 0.25) is 0 Å². The summed E-state index contributed by atoms with van der Waals surface area (Å²) in [5, 5.41) is 19.3. The smallest absolute Gasteiger partial charge is 0.160 e. The summed E-state index contributed by atoms with van der Waals surface area (Å²) < 4.78 is 14.3. The Labute approximate surface area is 152 Å². The van der Waals surface area contributed by atoms with Crippen molar-refractivity contribution in [2.75, 3.05) is 0 Å². The van der Waals surface area contributed by atoms with E-state index in [9.17, 15) is 14.8 Å². The molecule has 0 aliphatic carbocycles. The van der Waals surface area contributed by atoms with E-state index in [4.69, 9.17) is 0 Å². The average Bonchev–Trinajstić information content (AvgIpc) is 2.40. The van der Waals surface area contributed by atoms with Gasteiger partial charge < -0.3 is 14.8 Å². The van der Waals surface area contributed by atoms with E-state index >= 15 is 0 Å². The lowest BCUT2D eigenvalue weighted by Crippen LogP contribution is -2.02. The number of rotatable bonds is 2. The first-order valence-electron chi connectivity index (χ1n) is 5.09. The molecule has 106 valence electrons. The maximum absolute atomic E-state index is 12.5. The molecule has 2 aromatic rings. The number of benzene rings is 2. The second kappa shape index (κ2) is 6.58. The van der Waals surface area contributed by atoms with Crippen molar-refractivity contribution in [1.29, 1.82) is 0 Å². The molecule has 8 heteroatoms. The van der Waals surface area contributed by atoms with Crippen molar-refractivity contribution in [1.82, 2.24) is 0 Å². The van der Waals surface area contributed by atoms with E-state index in [1.54, 1.807) is 24.3 Å². The molecule has 0 bridgehead atoms. The van der Waals surface area contributed by atoms with Crippen LogP contribution in [0, 0.1) is 0 Å². The Balaban J connectivity index is 2.49. The standard InChI is InChI=1S/C12H6Br4O3S/c13-7-1-5(2-8(14)11(7)17)20(19)6-3-9(15)12(18)10(16)4-6/h1-4,17-18H. The van der Waals surface area contributed by atoms with Crippen molar-refractivity contribution in [3.8, 4) is 11.5 Å². The highest BCUT2D eigenvalue weighted by Gasteiger charge is 2.21. The summed E-state index contributed by atoms with van der Waals surface area (Å²) >= 11 is 11.4. The number of hydrogen-bond acceptors (Lipinski definition) is 3. The number of halogens is 4. The molecule has 0 saturated heterocycles. The molecule has 0 radical (unpaired) electrons. The van der Waals surface area contributed by atoms with Crippen molar-refractivity contribution < 1.29 is 14.8 Å². The van der Waals surface area contributed by atoms with Gasteiger partial charge in [-0.05, 0) is 63.7 Å². The summed E-state index contributed by atoms with van der Waals surface area (Å²) in [6, 6.07) is 6.35. The van der Waals surface area contributed by atoms with Gasteiger partial charge in [-0.15, -0.1) is 0 Å². The van der Waals surface area contributed by atoms with E-state index < -0.39 is 11.2 Å². The van der Waals surface area contributed by atoms with Gasteiger partial charge in [-0.25, -0.2) is 0 Å². The van der Waals surface area contributed by atoms with E-state index in [0.717, 1.165) is 0 Å². The molecule has 2 N–H and O–H groups in total. The molecule has 0 aromatic heterocycles. The van der Waals surface area contributed by atoms with Crippen LogP contribution in [-0.4, -0.2) is 14.8 Å². The van der Waals surface area contributed by atoms with Crippen molar-refractivity contribution in [3.63, 3.8) is 0 Å². The zero-order valence-electron chi connectivity index (χ0n) is 9.53. The van der Waals surface area contributed by atoms with Crippen LogP contribution < -0.4 is 0 Å². The van der Waals surface area contributed by atoms with E-state index in [1.807, 2.05) is 0 Å². The molecule has 3 nitrogen and oxygen atoms in total. The summed E-state index contributed by atoms with van der Waals surface area (Å²) in [5.41, 5.74) is 0. The van der Waals surface area contributed by atoms with Crippen LogP contribution >= 0.6 is 63.7 Å². The Hall–Kier alpha value is 0.270. The van der Waals surface area contributed by atoms with Gasteiger partial charge in [-0.2, -0.15) is 0 Å². The summed E-state index contributed by atoms with van der Waals surface area (Å²) in [7, 11) is 0. The molecule has 0 heterocycles. The van der Waals surface area contributed by atoms with Crippen LogP contribution in [0.5, 0.6) is 11.5 Å². The molecule has 20 heavy (non-hydrogen) atoms. The fraction of sp³-hybridized carbons (Fsp3) is 0. The summed E-state index contributed by atoms with van der Waals surface area (Å²) in [6.45, 7) is 0. The first-order valence-corrected chi connectivity index (χ1v) is 9.41. The highest BCUT2D eigenvalue weighted by atomic mass is 79.9. The van der Waals surface area contributed by atoms with E-state index in [1.165, 1.54) is 0 Å². The van der Waals surface area contributed by atoms with Gasteiger partial charge in [0.15, 0.2) is 9.79 Å². The SMILES string of the molecule is [O-][S+](c1cc(Br)c(O)c(Br)c1)c1cc(Br)c(O)c(Br)c1. The molecule has 0 aliphatic rings. The summed E-state index contributed by atoms with van der Waals surface area (Å²) in [5.74, 6) is 0.109. The van der Waals surface area contributed by atoms with Crippen LogP contribution in [0.1, 0.15) is 0 Å². The first-order chi connectivity index (χ1) is 9.31. The lowest BCUT2D eigenvalue weighted by Gasteiger charge is -2.13. The van der Waals surface area contributed by atoms with E-state index in [-0.39, 0.29) is 11.5 Å². The van der Waals surface area contributed by atoms with Gasteiger partial charge in [0.25, 0.3) is 0 Å². The Morgan fingerprint density at radius 3 is 1.20 bits per heavy atom. The van der Waals surface area contributed by atoms with Crippen molar-refractivity contribution in [2.45, 2.75) is 9.79 Å². The molecule has 0 spiro atoms. The summed E-state index contributed by atoms with van der Waals surface area (Å²) in [6.07, 6.45) is 0. The Morgan fingerprint density at radius 1 is 0.700 bits per heavy atom. The molecule has 0 fully saturated rings. The zero-order valence-corrected chi connectivity index (χ0v) is 16.7. The highest BCUT2D eigenvalue weighted by Crippen LogP contribution is 2.39. The lowest BCUT2D eigenvalue weighted by atomic mass is 10.3. The monoisotopic (exact) mass is 546 g/mol. The minimum absolute atomic E-state index is 0.0545. The minimum Gasteiger partial charge on any atom is -0.606 e. The largest absolute Gasteiger partial charge is 0.606 e. The van der Waals surface area contributed by atoms with Gasteiger partial charge in [-0.1, -0.05) is 0 Å². The van der Waals surface area contributed by atoms with Crippen molar-refractivity contribution >= 4 is 74.9 Å². The van der Waals surface area contributed by atoms with Crippen LogP contribution in [-0.2, 0) is 11.2 Å². The molecule has 0 saturated carbocycles. The van der Waals surface area contributed by atoms with Gasteiger partial charge in [0.05, 0.1) is 17.9 Å². The lowest BCUT2D eigenvalue weighted by molar-refractivity contribution is 0.467. The van der Waals surface area contributed by atoms with Crippen molar-refractivity contribution in [2.24, 2.45) is 0 Å². The molecular formula is C12H6Br4O3S. The second-order valence-corrected chi connectivity index (χ2v) is 8.64. The van der Waals surface area contributed by atoms with Gasteiger partial charge >= 0.3 is 0 Å². The number of phenols is 2. The van der Waals surface area contributed by atoms with Gasteiger partial charge in [0, 0.05) is 35.4 Å². The molecule has 2 aromatic carbocycles. The Bertz CT molecular complexity index is 574. The third kappa shape index (κ3) is 3.36. The van der Waals surface area contributed by atoms with Crippen LogP contribution in [0.4, 0.5) is 0 Å². The van der Waals surface area contributed by atoms with Crippen LogP contribution in [0.25, 0.3) is 0 Å². The summed E-state index contributed by atoms with van der Waals surface area (Å²) in [4.78, 5) is 1.04. The Kier molecular flexibility index (Phi) is 5.47. The quantitative estimate of drug-likeness (QED) is 0.499. The minimum atomic E-state index is -1.45. The highest BCUT2D eigenvalue weighted by molar-refractivity contribution is 9.11. The van der Waals surface area contributed by atoms with E-state index in [0.29, 0.717) is 27.7 Å². The number of aromatic hydroxyl groups is 2. The van der Waals surface area contributed by atoms with E-state index in [2.05, 4.69) is 63.7 Å². The molecule has 0 amide bonds. The number of hydrogen-bond donors (Lipinski definition) is 2. The fourth-order valence-electron chi connectivity index (χ4n) is 1.43. The van der Waals surface area contributed by atoms with Crippen LogP contribution in [0.15, 0.2) is 51.9 Å². The maximum Gasteiger partial charge on any atom is 0.160 e. The average molecular weight is 550 g/mol. The molecule has 0 atom stereocenters. The molecule has 0 aliphatic heterocycles. The van der Waals surface area contributed by atoms with Gasteiger partial charge in [-0.3, -0.25) is 0 Å². The third-order valence-electron chi connectivity index (χ3n) is 2.41. The predicted molar refractivity (Wildman–Crippen MR) is 91.7 cm³/mol. The Morgan fingerprint density at radius 2 is 0.950 bits per heavy atom. The van der Waals surface area contributed by atoms with Crippen molar-refractivity contribution in [3.05, 3.63) is 42.2 Å². The topological polar surface area (TPSA) is 63.5 Å². The fourth-order valence-corrected chi connectivity index (χ4v) is 5.59. The predicted octanol–water partition coefficient (Wildman–Crippen LogP) is 5.31. The molecular weight excluding hydrogens is 544 g/mol. The maximum atomic E-state index is 12.5. The van der Waals surface area contributed by atoms with Crippen LogP contribution in [0.2, 0.25) is 0 Å². The molecule has 2 rings (SSSR count). The normalized spacial score (nSPS) is 11.1. The molecule has 0 unspecified atom stereocenters. The van der Waals surface area contributed by atoms with Crippen LogP contribution in [0.3, 0.4) is 0 Å². The number of phenolic OH excluding ortho intramolecular Hbond substituents is 2. The third-order valence-corrected chi connectivity index (χ3v) is 6.15. The first kappa shape index (κ1) is 16.6. The zero-order chi connectivity index (χ0) is 15.0. The van der Waals surface area contributed by atoms with Gasteiger partial charge in [0.1, 0.15) is 11.5 Å². The second-order valence-electron chi connectivity index (χ2n) is 3.74.